The van der Waals surface area contributed by atoms with Crippen molar-refractivity contribution in [1.29, 1.82) is 0 Å². The minimum absolute atomic E-state index is 0.717. The summed E-state index contributed by atoms with van der Waals surface area (Å²) in [6.45, 7) is 0. The SMILES string of the molecule is c1ccc(-c2cccc(-c3cccc(-c4cccc(-c5ccc(-c6nc(-c7ccccc7-c7ccccc7)nc7c6ccc6ccccc67)cc5)c4)c3)c2)cc1. The van der Waals surface area contributed by atoms with Crippen molar-refractivity contribution in [3.05, 3.63) is 218 Å². The first-order chi connectivity index (χ1) is 27.7. The van der Waals surface area contributed by atoms with Gasteiger partial charge >= 0.3 is 0 Å². The van der Waals surface area contributed by atoms with Gasteiger partial charge in [-0.1, -0.05) is 194 Å². The number of benzene rings is 9. The van der Waals surface area contributed by atoms with Gasteiger partial charge in [-0.2, -0.15) is 0 Å². The molecule has 0 N–H and O–H groups in total. The van der Waals surface area contributed by atoms with E-state index in [0.29, 0.717) is 5.82 Å². The molecule has 56 heavy (non-hydrogen) atoms. The van der Waals surface area contributed by atoms with Gasteiger partial charge in [0.15, 0.2) is 5.82 Å². The van der Waals surface area contributed by atoms with Gasteiger partial charge < -0.3 is 0 Å². The van der Waals surface area contributed by atoms with Crippen LogP contribution < -0.4 is 0 Å². The summed E-state index contributed by atoms with van der Waals surface area (Å²) in [6, 6.07) is 77.6. The van der Waals surface area contributed by atoms with Crippen LogP contribution in [0.3, 0.4) is 0 Å². The minimum atomic E-state index is 0.717. The van der Waals surface area contributed by atoms with E-state index >= 15 is 0 Å². The van der Waals surface area contributed by atoms with Gasteiger partial charge in [-0.05, 0) is 85.3 Å². The summed E-state index contributed by atoms with van der Waals surface area (Å²) < 4.78 is 0. The van der Waals surface area contributed by atoms with Crippen LogP contribution in [0.5, 0.6) is 0 Å². The van der Waals surface area contributed by atoms with Crippen LogP contribution in [-0.4, -0.2) is 9.97 Å². The van der Waals surface area contributed by atoms with Crippen LogP contribution in [0, 0.1) is 0 Å². The molecule has 0 aliphatic heterocycles. The molecule has 0 aliphatic rings. The molecule has 0 saturated carbocycles. The zero-order valence-corrected chi connectivity index (χ0v) is 30.7. The molecule has 0 fully saturated rings. The molecule has 2 heteroatoms. The fraction of sp³-hybridized carbons (Fsp3) is 0. The second-order valence-electron chi connectivity index (χ2n) is 14.2. The maximum Gasteiger partial charge on any atom is 0.161 e. The zero-order valence-electron chi connectivity index (χ0n) is 30.7. The van der Waals surface area contributed by atoms with E-state index in [2.05, 4.69) is 212 Å². The third kappa shape index (κ3) is 6.34. The van der Waals surface area contributed by atoms with E-state index in [0.717, 1.165) is 55.2 Å². The third-order valence-electron chi connectivity index (χ3n) is 10.7. The molecular formula is C54H36N2. The topological polar surface area (TPSA) is 25.8 Å². The van der Waals surface area contributed by atoms with Crippen molar-refractivity contribution in [3.8, 4) is 78.3 Å². The highest BCUT2D eigenvalue weighted by molar-refractivity contribution is 6.10. The molecule has 0 amide bonds. The Hall–Kier alpha value is -7.42. The number of hydrogen-bond acceptors (Lipinski definition) is 2. The highest BCUT2D eigenvalue weighted by Gasteiger charge is 2.17. The van der Waals surface area contributed by atoms with E-state index in [-0.39, 0.29) is 0 Å². The van der Waals surface area contributed by atoms with E-state index in [4.69, 9.17) is 9.97 Å². The molecule has 10 aromatic rings. The van der Waals surface area contributed by atoms with Crippen molar-refractivity contribution < 1.29 is 0 Å². The Balaban J connectivity index is 1.02. The van der Waals surface area contributed by atoms with Crippen LogP contribution >= 0.6 is 0 Å². The zero-order chi connectivity index (χ0) is 37.3. The number of rotatable bonds is 7. The third-order valence-corrected chi connectivity index (χ3v) is 10.7. The van der Waals surface area contributed by atoms with Gasteiger partial charge in [-0.25, -0.2) is 9.97 Å². The first-order valence-corrected chi connectivity index (χ1v) is 19.1. The Bertz CT molecular complexity index is 3000. The quantitative estimate of drug-likeness (QED) is 0.154. The lowest BCUT2D eigenvalue weighted by Crippen LogP contribution is -1.97. The average molecular weight is 713 g/mol. The first-order valence-electron chi connectivity index (χ1n) is 19.1. The normalized spacial score (nSPS) is 11.2. The lowest BCUT2D eigenvalue weighted by Gasteiger charge is -2.14. The van der Waals surface area contributed by atoms with Gasteiger partial charge in [0.1, 0.15) is 0 Å². The van der Waals surface area contributed by atoms with Gasteiger partial charge in [-0.15, -0.1) is 0 Å². The summed E-state index contributed by atoms with van der Waals surface area (Å²) in [5.41, 5.74) is 15.7. The van der Waals surface area contributed by atoms with Crippen LogP contribution in [-0.2, 0) is 0 Å². The molecule has 0 spiro atoms. The first kappa shape index (κ1) is 33.2. The predicted octanol–water partition coefficient (Wildman–Crippen LogP) is 14.5. The van der Waals surface area contributed by atoms with Crippen LogP contribution in [0.1, 0.15) is 0 Å². The Kier molecular flexibility index (Phi) is 8.55. The van der Waals surface area contributed by atoms with Crippen molar-refractivity contribution in [2.75, 3.05) is 0 Å². The maximum absolute atomic E-state index is 5.34. The Morgan fingerprint density at radius 2 is 0.696 bits per heavy atom. The molecule has 1 aromatic heterocycles. The summed E-state index contributed by atoms with van der Waals surface area (Å²) in [5, 5.41) is 3.32. The van der Waals surface area contributed by atoms with Gasteiger partial charge in [-0.3, -0.25) is 0 Å². The molecule has 0 aliphatic carbocycles. The molecule has 0 saturated heterocycles. The molecule has 10 rings (SSSR count). The highest BCUT2D eigenvalue weighted by Crippen LogP contribution is 2.38. The maximum atomic E-state index is 5.34. The predicted molar refractivity (Wildman–Crippen MR) is 235 cm³/mol. The van der Waals surface area contributed by atoms with Gasteiger partial charge in [0.25, 0.3) is 0 Å². The fourth-order valence-electron chi connectivity index (χ4n) is 7.84. The molecule has 1 heterocycles. The van der Waals surface area contributed by atoms with Gasteiger partial charge in [0, 0.05) is 21.9 Å². The van der Waals surface area contributed by atoms with Gasteiger partial charge in [0.05, 0.1) is 11.2 Å². The molecule has 262 valence electrons. The van der Waals surface area contributed by atoms with Crippen molar-refractivity contribution in [2.45, 2.75) is 0 Å². The second kappa shape index (κ2) is 14.4. The van der Waals surface area contributed by atoms with Crippen LogP contribution in [0.2, 0.25) is 0 Å². The smallest absolute Gasteiger partial charge is 0.161 e. The molecule has 2 nitrogen and oxygen atoms in total. The van der Waals surface area contributed by atoms with E-state index in [1.165, 1.54) is 38.9 Å². The molecular weight excluding hydrogens is 677 g/mol. The second-order valence-corrected chi connectivity index (χ2v) is 14.2. The summed E-state index contributed by atoms with van der Waals surface area (Å²) in [5.74, 6) is 0.717. The Labute approximate surface area is 327 Å². The standard InChI is InChI=1S/C54H36N2/c1-3-14-37(15-4-1)42-19-11-21-44(34-42)46-23-13-24-47(36-46)45-22-12-20-43(35-45)38-28-30-41(31-29-38)52-51-33-32-40-18-7-8-26-49(40)53(51)56-54(55-52)50-27-10-9-25-48(50)39-16-5-2-6-17-39/h1-36H. The largest absolute Gasteiger partial charge is 0.227 e. The highest BCUT2D eigenvalue weighted by atomic mass is 14.9. The summed E-state index contributed by atoms with van der Waals surface area (Å²) >= 11 is 0. The van der Waals surface area contributed by atoms with E-state index in [1.54, 1.807) is 0 Å². The van der Waals surface area contributed by atoms with Crippen molar-refractivity contribution in [2.24, 2.45) is 0 Å². The van der Waals surface area contributed by atoms with Crippen LogP contribution in [0.25, 0.3) is 100.0 Å². The Morgan fingerprint density at radius 3 is 1.30 bits per heavy atom. The summed E-state index contributed by atoms with van der Waals surface area (Å²) in [4.78, 5) is 10.6. The van der Waals surface area contributed by atoms with Crippen molar-refractivity contribution in [1.82, 2.24) is 9.97 Å². The van der Waals surface area contributed by atoms with E-state index in [1.807, 2.05) is 6.07 Å². The fourth-order valence-corrected chi connectivity index (χ4v) is 7.84. The van der Waals surface area contributed by atoms with Crippen molar-refractivity contribution in [3.63, 3.8) is 0 Å². The molecule has 9 aromatic carbocycles. The number of hydrogen-bond donors (Lipinski definition) is 0. The monoisotopic (exact) mass is 712 g/mol. The molecule has 0 radical (unpaired) electrons. The average Bonchev–Trinajstić information content (AvgIpc) is 3.29. The molecule has 0 bridgehead atoms. The lowest BCUT2D eigenvalue weighted by molar-refractivity contribution is 1.23. The van der Waals surface area contributed by atoms with Gasteiger partial charge in [0.2, 0.25) is 0 Å². The Morgan fingerprint density at radius 1 is 0.250 bits per heavy atom. The van der Waals surface area contributed by atoms with Crippen LogP contribution in [0.15, 0.2) is 218 Å². The lowest BCUT2D eigenvalue weighted by atomic mass is 9.94. The molecule has 0 unspecified atom stereocenters. The number of aromatic nitrogens is 2. The minimum Gasteiger partial charge on any atom is -0.227 e. The summed E-state index contributed by atoms with van der Waals surface area (Å²) in [6.07, 6.45) is 0. The molecule has 0 atom stereocenters. The van der Waals surface area contributed by atoms with Crippen LogP contribution in [0.4, 0.5) is 0 Å². The van der Waals surface area contributed by atoms with E-state index < -0.39 is 0 Å². The number of nitrogens with zero attached hydrogens (tertiary/aromatic N) is 2. The summed E-state index contributed by atoms with van der Waals surface area (Å²) in [7, 11) is 0. The van der Waals surface area contributed by atoms with Crippen molar-refractivity contribution >= 4 is 21.7 Å². The number of fused-ring (bicyclic) bond motifs is 3. The van der Waals surface area contributed by atoms with E-state index in [9.17, 15) is 0 Å².